The molecule has 0 aliphatic rings. The van der Waals surface area contributed by atoms with Gasteiger partial charge < -0.3 is 5.32 Å². The number of hydrogen-bond acceptors (Lipinski definition) is 2. The summed E-state index contributed by atoms with van der Waals surface area (Å²) >= 11 is 0. The molecule has 1 unspecified atom stereocenters. The Morgan fingerprint density at radius 2 is 1.88 bits per heavy atom. The normalized spacial score (nSPS) is 12.4. The minimum absolute atomic E-state index is 0.428. The maximum atomic E-state index is 4.05. The first-order valence-electron chi connectivity index (χ1n) is 6.02. The Morgan fingerprint density at radius 1 is 1.12 bits per heavy atom. The van der Waals surface area contributed by atoms with Gasteiger partial charge in [-0.2, -0.15) is 0 Å². The van der Waals surface area contributed by atoms with Gasteiger partial charge in [0.2, 0.25) is 0 Å². The molecule has 1 aromatic heterocycles. The van der Waals surface area contributed by atoms with Crippen LogP contribution in [0.4, 0.5) is 0 Å². The van der Waals surface area contributed by atoms with Gasteiger partial charge in [-0.1, -0.05) is 25.1 Å². The summed E-state index contributed by atoms with van der Waals surface area (Å²) in [5, 5.41) is 3.33. The van der Waals surface area contributed by atoms with E-state index >= 15 is 0 Å². The van der Waals surface area contributed by atoms with Crippen molar-refractivity contribution in [1.29, 1.82) is 0 Å². The van der Waals surface area contributed by atoms with Crippen molar-refractivity contribution < 1.29 is 0 Å². The minimum atomic E-state index is 0.428. The smallest absolute Gasteiger partial charge is 0.0315 e. The van der Waals surface area contributed by atoms with Crippen molar-refractivity contribution in [3.8, 4) is 11.1 Å². The van der Waals surface area contributed by atoms with Crippen LogP contribution < -0.4 is 5.32 Å². The fourth-order valence-corrected chi connectivity index (χ4v) is 2.09. The molecule has 2 heteroatoms. The van der Waals surface area contributed by atoms with Gasteiger partial charge in [0.05, 0.1) is 0 Å². The summed E-state index contributed by atoms with van der Waals surface area (Å²) in [6.07, 6.45) is 4.76. The second-order valence-electron chi connectivity index (χ2n) is 4.11. The number of nitrogens with zero attached hydrogens (tertiary/aromatic N) is 1. The summed E-state index contributed by atoms with van der Waals surface area (Å²) in [7, 11) is 2.01. The van der Waals surface area contributed by atoms with E-state index in [4.69, 9.17) is 0 Å². The van der Waals surface area contributed by atoms with E-state index in [2.05, 4.69) is 41.5 Å². The number of aromatic nitrogens is 1. The van der Waals surface area contributed by atoms with Gasteiger partial charge in [0.15, 0.2) is 0 Å². The van der Waals surface area contributed by atoms with Gasteiger partial charge in [-0.15, -0.1) is 0 Å². The van der Waals surface area contributed by atoms with E-state index in [0.29, 0.717) is 6.04 Å². The number of nitrogens with one attached hydrogen (secondary N) is 1. The molecule has 0 saturated heterocycles. The molecule has 88 valence electrons. The van der Waals surface area contributed by atoms with Crippen LogP contribution in [0.1, 0.15) is 24.9 Å². The monoisotopic (exact) mass is 226 g/mol. The molecule has 2 nitrogen and oxygen atoms in total. The summed E-state index contributed by atoms with van der Waals surface area (Å²) < 4.78 is 0. The Balaban J connectivity index is 2.35. The Morgan fingerprint density at radius 3 is 2.53 bits per heavy atom. The van der Waals surface area contributed by atoms with E-state index in [1.807, 2.05) is 31.6 Å². The molecule has 0 fully saturated rings. The third kappa shape index (κ3) is 2.71. The van der Waals surface area contributed by atoms with Gasteiger partial charge in [0, 0.05) is 18.4 Å². The zero-order valence-electron chi connectivity index (χ0n) is 10.4. The Bertz CT molecular complexity index is 461. The van der Waals surface area contributed by atoms with Crippen LogP contribution in [-0.4, -0.2) is 12.0 Å². The molecule has 1 atom stereocenters. The lowest BCUT2D eigenvalue weighted by Crippen LogP contribution is -2.15. The molecule has 1 aromatic carbocycles. The molecular formula is C15H18N2. The second-order valence-corrected chi connectivity index (χ2v) is 4.11. The molecular weight excluding hydrogens is 208 g/mol. The fourth-order valence-electron chi connectivity index (χ4n) is 2.09. The van der Waals surface area contributed by atoms with Crippen molar-refractivity contribution in [2.45, 2.75) is 19.4 Å². The van der Waals surface area contributed by atoms with Crippen LogP contribution in [0.5, 0.6) is 0 Å². The number of hydrogen-bond donors (Lipinski definition) is 1. The first-order valence-corrected chi connectivity index (χ1v) is 6.02. The molecule has 0 aliphatic carbocycles. The first-order chi connectivity index (χ1) is 8.35. The fraction of sp³-hybridized carbons (Fsp3) is 0.267. The molecule has 2 aromatic rings. The van der Waals surface area contributed by atoms with Crippen LogP contribution in [0, 0.1) is 0 Å². The van der Waals surface area contributed by atoms with Gasteiger partial charge in [-0.05, 0) is 48.4 Å². The van der Waals surface area contributed by atoms with E-state index < -0.39 is 0 Å². The van der Waals surface area contributed by atoms with Crippen LogP contribution in [0.25, 0.3) is 11.1 Å². The van der Waals surface area contributed by atoms with Crippen LogP contribution in [0.15, 0.2) is 48.8 Å². The SMILES string of the molecule is CCC(NC)c1cccc(-c2ccncc2)c1. The average molecular weight is 226 g/mol. The third-order valence-corrected chi connectivity index (χ3v) is 3.06. The highest BCUT2D eigenvalue weighted by Gasteiger charge is 2.07. The molecule has 17 heavy (non-hydrogen) atoms. The predicted octanol–water partition coefficient (Wildman–Crippen LogP) is 3.42. The summed E-state index contributed by atoms with van der Waals surface area (Å²) in [6, 6.07) is 13.2. The molecule has 2 rings (SSSR count). The lowest BCUT2D eigenvalue weighted by atomic mass is 9.99. The predicted molar refractivity (Wildman–Crippen MR) is 71.8 cm³/mol. The van der Waals surface area contributed by atoms with Gasteiger partial charge in [0.1, 0.15) is 0 Å². The zero-order valence-corrected chi connectivity index (χ0v) is 10.4. The summed E-state index contributed by atoms with van der Waals surface area (Å²) in [4.78, 5) is 4.05. The minimum Gasteiger partial charge on any atom is -0.313 e. The first kappa shape index (κ1) is 11.8. The van der Waals surface area contributed by atoms with Gasteiger partial charge in [-0.3, -0.25) is 4.98 Å². The highest BCUT2D eigenvalue weighted by molar-refractivity contribution is 5.63. The molecule has 0 saturated carbocycles. The molecule has 0 radical (unpaired) electrons. The van der Waals surface area contributed by atoms with Crippen LogP contribution in [-0.2, 0) is 0 Å². The van der Waals surface area contributed by atoms with E-state index in [1.165, 1.54) is 16.7 Å². The summed E-state index contributed by atoms with van der Waals surface area (Å²) in [5.74, 6) is 0. The van der Waals surface area contributed by atoms with Gasteiger partial charge in [-0.25, -0.2) is 0 Å². The van der Waals surface area contributed by atoms with E-state index in [-0.39, 0.29) is 0 Å². The molecule has 0 amide bonds. The van der Waals surface area contributed by atoms with Crippen molar-refractivity contribution >= 4 is 0 Å². The number of benzene rings is 1. The third-order valence-electron chi connectivity index (χ3n) is 3.06. The lowest BCUT2D eigenvalue weighted by Gasteiger charge is -2.15. The van der Waals surface area contributed by atoms with Crippen LogP contribution >= 0.6 is 0 Å². The highest BCUT2D eigenvalue weighted by Crippen LogP contribution is 2.23. The molecule has 1 N–H and O–H groups in total. The van der Waals surface area contributed by atoms with E-state index in [1.54, 1.807) is 0 Å². The highest BCUT2D eigenvalue weighted by atomic mass is 14.9. The van der Waals surface area contributed by atoms with Gasteiger partial charge >= 0.3 is 0 Å². The Kier molecular flexibility index (Phi) is 3.89. The quantitative estimate of drug-likeness (QED) is 0.864. The molecule has 0 aliphatic heterocycles. The number of rotatable bonds is 4. The summed E-state index contributed by atoms with van der Waals surface area (Å²) in [6.45, 7) is 2.19. The number of pyridine rings is 1. The van der Waals surface area contributed by atoms with Gasteiger partial charge in [0.25, 0.3) is 0 Å². The standard InChI is InChI=1S/C15H18N2/c1-3-15(16-2)14-6-4-5-13(11-14)12-7-9-17-10-8-12/h4-11,15-16H,3H2,1-2H3. The Hall–Kier alpha value is -1.67. The summed E-state index contributed by atoms with van der Waals surface area (Å²) in [5.41, 5.74) is 3.80. The zero-order chi connectivity index (χ0) is 12.1. The topological polar surface area (TPSA) is 24.9 Å². The van der Waals surface area contributed by atoms with Crippen molar-refractivity contribution in [2.24, 2.45) is 0 Å². The molecule has 0 spiro atoms. The van der Waals surface area contributed by atoms with Crippen molar-refractivity contribution in [3.05, 3.63) is 54.4 Å². The van der Waals surface area contributed by atoms with E-state index in [9.17, 15) is 0 Å². The molecule has 1 heterocycles. The van der Waals surface area contributed by atoms with Crippen LogP contribution in [0.2, 0.25) is 0 Å². The van der Waals surface area contributed by atoms with Crippen molar-refractivity contribution in [3.63, 3.8) is 0 Å². The largest absolute Gasteiger partial charge is 0.313 e. The lowest BCUT2D eigenvalue weighted by molar-refractivity contribution is 0.577. The molecule has 0 bridgehead atoms. The van der Waals surface area contributed by atoms with E-state index in [0.717, 1.165) is 6.42 Å². The maximum absolute atomic E-state index is 4.05. The van der Waals surface area contributed by atoms with Crippen molar-refractivity contribution in [1.82, 2.24) is 10.3 Å². The Labute approximate surface area is 103 Å². The maximum Gasteiger partial charge on any atom is 0.0315 e. The average Bonchev–Trinajstić information content (AvgIpc) is 2.42. The second kappa shape index (κ2) is 5.60. The van der Waals surface area contributed by atoms with Crippen molar-refractivity contribution in [2.75, 3.05) is 7.05 Å². The van der Waals surface area contributed by atoms with Crippen LogP contribution in [0.3, 0.4) is 0 Å².